The van der Waals surface area contributed by atoms with Crippen LogP contribution in [-0.2, 0) is 0 Å². The van der Waals surface area contributed by atoms with Crippen molar-refractivity contribution in [2.24, 2.45) is 0 Å². The molecule has 3 nitrogen and oxygen atoms in total. The van der Waals surface area contributed by atoms with Gasteiger partial charge in [-0.1, -0.05) is 0 Å². The molecule has 0 heterocycles. The molecule has 2 rings (SSSR count). The van der Waals surface area contributed by atoms with Crippen molar-refractivity contribution >= 4 is 5.69 Å². The number of hydrogen-bond donors (Lipinski definition) is 3. The maximum absolute atomic E-state index is 13.3. The minimum Gasteiger partial charge on any atom is -0.508 e. The van der Waals surface area contributed by atoms with Crippen molar-refractivity contribution in [3.63, 3.8) is 0 Å². The molecule has 0 aliphatic carbocycles. The van der Waals surface area contributed by atoms with Crippen LogP contribution in [0.15, 0.2) is 36.4 Å². The lowest BCUT2D eigenvalue weighted by molar-refractivity contribution is 0.451. The number of phenols is 2. The number of nitrogens with one attached hydrogen (secondary N) is 1. The molecule has 0 aromatic heterocycles. The van der Waals surface area contributed by atoms with Gasteiger partial charge in [0.05, 0.1) is 6.04 Å². The van der Waals surface area contributed by atoms with Gasteiger partial charge in [-0.05, 0) is 55.8 Å². The minimum atomic E-state index is -0.310. The van der Waals surface area contributed by atoms with Crippen molar-refractivity contribution < 1.29 is 14.6 Å². The lowest BCUT2D eigenvalue weighted by atomic mass is 10.1. The van der Waals surface area contributed by atoms with E-state index in [0.717, 1.165) is 5.56 Å². The molecule has 0 saturated heterocycles. The van der Waals surface area contributed by atoms with Crippen molar-refractivity contribution in [3.05, 3.63) is 53.3 Å². The molecule has 1 atom stereocenters. The predicted molar refractivity (Wildman–Crippen MR) is 72.9 cm³/mol. The fourth-order valence-corrected chi connectivity index (χ4v) is 2.04. The van der Waals surface area contributed by atoms with Crippen molar-refractivity contribution in [2.75, 3.05) is 5.32 Å². The van der Waals surface area contributed by atoms with Crippen LogP contribution < -0.4 is 5.32 Å². The van der Waals surface area contributed by atoms with Crippen molar-refractivity contribution in [1.82, 2.24) is 0 Å². The highest BCUT2D eigenvalue weighted by atomic mass is 19.1. The standard InChI is InChI=1S/C15H16FNO2/c1-9-5-11(16)7-12(6-9)17-10(2)14-8-13(18)3-4-15(14)19/h3-8,10,17-19H,1-2H3. The van der Waals surface area contributed by atoms with Crippen LogP contribution in [0.1, 0.15) is 24.1 Å². The van der Waals surface area contributed by atoms with Crippen molar-refractivity contribution in [3.8, 4) is 11.5 Å². The molecule has 0 saturated carbocycles. The molecular weight excluding hydrogens is 245 g/mol. The quantitative estimate of drug-likeness (QED) is 0.738. The van der Waals surface area contributed by atoms with E-state index in [2.05, 4.69) is 5.32 Å². The summed E-state index contributed by atoms with van der Waals surface area (Å²) in [4.78, 5) is 0. The molecule has 100 valence electrons. The summed E-state index contributed by atoms with van der Waals surface area (Å²) in [5.41, 5.74) is 2.00. The molecule has 1 unspecified atom stereocenters. The summed E-state index contributed by atoms with van der Waals surface area (Å²) < 4.78 is 13.3. The van der Waals surface area contributed by atoms with Gasteiger partial charge in [0.15, 0.2) is 0 Å². The third-order valence-electron chi connectivity index (χ3n) is 2.90. The second-order valence-corrected chi connectivity index (χ2v) is 4.63. The smallest absolute Gasteiger partial charge is 0.125 e. The highest BCUT2D eigenvalue weighted by Gasteiger charge is 2.11. The first-order valence-corrected chi connectivity index (χ1v) is 6.01. The first-order valence-electron chi connectivity index (χ1n) is 6.01. The van der Waals surface area contributed by atoms with E-state index >= 15 is 0 Å². The van der Waals surface area contributed by atoms with Gasteiger partial charge in [-0.3, -0.25) is 0 Å². The Hall–Kier alpha value is -2.23. The summed E-state index contributed by atoms with van der Waals surface area (Å²) in [6.07, 6.45) is 0. The van der Waals surface area contributed by atoms with E-state index in [1.54, 1.807) is 0 Å². The zero-order chi connectivity index (χ0) is 14.0. The first-order chi connectivity index (χ1) is 8.95. The summed E-state index contributed by atoms with van der Waals surface area (Å²) in [5, 5.41) is 22.3. The average molecular weight is 261 g/mol. The second-order valence-electron chi connectivity index (χ2n) is 4.63. The van der Waals surface area contributed by atoms with E-state index < -0.39 is 0 Å². The Morgan fingerprint density at radius 2 is 1.84 bits per heavy atom. The van der Waals surface area contributed by atoms with E-state index in [4.69, 9.17) is 0 Å². The van der Waals surface area contributed by atoms with Crippen LogP contribution in [-0.4, -0.2) is 10.2 Å². The van der Waals surface area contributed by atoms with Crippen LogP contribution in [0.2, 0.25) is 0 Å². The summed E-state index contributed by atoms with van der Waals surface area (Å²) in [7, 11) is 0. The van der Waals surface area contributed by atoms with Crippen LogP contribution in [0, 0.1) is 12.7 Å². The molecule has 3 N–H and O–H groups in total. The molecule has 2 aromatic carbocycles. The van der Waals surface area contributed by atoms with Gasteiger partial charge in [0.1, 0.15) is 17.3 Å². The average Bonchev–Trinajstić information content (AvgIpc) is 2.30. The predicted octanol–water partition coefficient (Wildman–Crippen LogP) is 3.72. The fraction of sp³-hybridized carbons (Fsp3) is 0.200. The fourth-order valence-electron chi connectivity index (χ4n) is 2.04. The van der Waals surface area contributed by atoms with Crippen LogP contribution in [0.4, 0.5) is 10.1 Å². The highest BCUT2D eigenvalue weighted by Crippen LogP contribution is 2.30. The number of benzene rings is 2. The number of anilines is 1. The van der Waals surface area contributed by atoms with Gasteiger partial charge in [-0.2, -0.15) is 0 Å². The minimum absolute atomic E-state index is 0.0804. The summed E-state index contributed by atoms with van der Waals surface area (Å²) in [5.74, 6) is -0.141. The number of hydrogen-bond acceptors (Lipinski definition) is 3. The monoisotopic (exact) mass is 261 g/mol. The van der Waals surface area contributed by atoms with E-state index in [0.29, 0.717) is 11.3 Å². The van der Waals surface area contributed by atoms with Crippen LogP contribution in [0.25, 0.3) is 0 Å². The van der Waals surface area contributed by atoms with Crippen molar-refractivity contribution in [2.45, 2.75) is 19.9 Å². The third kappa shape index (κ3) is 3.16. The Labute approximate surface area is 111 Å². The van der Waals surface area contributed by atoms with Gasteiger partial charge < -0.3 is 15.5 Å². The Kier molecular flexibility index (Phi) is 3.60. The maximum atomic E-state index is 13.3. The molecule has 0 amide bonds. The molecule has 0 bridgehead atoms. The molecule has 4 heteroatoms. The number of halogens is 1. The van der Waals surface area contributed by atoms with Gasteiger partial charge in [-0.25, -0.2) is 4.39 Å². The summed E-state index contributed by atoms with van der Waals surface area (Å²) in [6, 6.07) is 8.73. The second kappa shape index (κ2) is 5.18. The normalized spacial score (nSPS) is 12.2. The number of rotatable bonds is 3. The largest absolute Gasteiger partial charge is 0.508 e. The lowest BCUT2D eigenvalue weighted by Gasteiger charge is -2.17. The van der Waals surface area contributed by atoms with E-state index in [9.17, 15) is 14.6 Å². The third-order valence-corrected chi connectivity index (χ3v) is 2.90. The Bertz CT molecular complexity index is 578. The SMILES string of the molecule is Cc1cc(F)cc(NC(C)c2cc(O)ccc2O)c1. The van der Waals surface area contributed by atoms with Gasteiger partial charge in [-0.15, -0.1) is 0 Å². The summed E-state index contributed by atoms with van der Waals surface area (Å²) >= 11 is 0. The van der Waals surface area contributed by atoms with Crippen LogP contribution >= 0.6 is 0 Å². The van der Waals surface area contributed by atoms with Gasteiger partial charge >= 0.3 is 0 Å². The Morgan fingerprint density at radius 3 is 2.53 bits per heavy atom. The zero-order valence-corrected chi connectivity index (χ0v) is 10.8. The molecule has 0 aliphatic rings. The number of phenolic OH excluding ortho intramolecular Hbond substituents is 2. The molecule has 0 spiro atoms. The first kappa shape index (κ1) is 13.2. The molecule has 2 aromatic rings. The highest BCUT2D eigenvalue weighted by molar-refractivity contribution is 5.50. The lowest BCUT2D eigenvalue weighted by Crippen LogP contribution is -2.07. The molecule has 0 fully saturated rings. The Balaban J connectivity index is 2.25. The topological polar surface area (TPSA) is 52.5 Å². The van der Waals surface area contributed by atoms with Crippen LogP contribution in [0.3, 0.4) is 0 Å². The van der Waals surface area contributed by atoms with E-state index in [1.165, 1.54) is 30.3 Å². The van der Waals surface area contributed by atoms with E-state index in [-0.39, 0.29) is 23.4 Å². The van der Waals surface area contributed by atoms with Crippen molar-refractivity contribution in [1.29, 1.82) is 0 Å². The number of aromatic hydroxyl groups is 2. The van der Waals surface area contributed by atoms with Gasteiger partial charge in [0, 0.05) is 11.3 Å². The molecule has 0 radical (unpaired) electrons. The number of aryl methyl sites for hydroxylation is 1. The molecule has 19 heavy (non-hydrogen) atoms. The molecule has 0 aliphatic heterocycles. The van der Waals surface area contributed by atoms with E-state index in [1.807, 2.05) is 19.9 Å². The van der Waals surface area contributed by atoms with Crippen LogP contribution in [0.5, 0.6) is 11.5 Å². The maximum Gasteiger partial charge on any atom is 0.125 e. The Morgan fingerprint density at radius 1 is 1.11 bits per heavy atom. The van der Waals surface area contributed by atoms with Gasteiger partial charge in [0.2, 0.25) is 0 Å². The summed E-state index contributed by atoms with van der Waals surface area (Å²) in [6.45, 7) is 3.64. The zero-order valence-electron chi connectivity index (χ0n) is 10.8. The van der Waals surface area contributed by atoms with Gasteiger partial charge in [0.25, 0.3) is 0 Å². The molecular formula is C15H16FNO2.